The summed E-state index contributed by atoms with van der Waals surface area (Å²) in [5, 5.41) is 3.50. The molecule has 0 radical (unpaired) electrons. The van der Waals surface area contributed by atoms with E-state index in [-0.39, 0.29) is 12.4 Å². The summed E-state index contributed by atoms with van der Waals surface area (Å²) < 4.78 is 19.4. The minimum atomic E-state index is -0.547. The predicted molar refractivity (Wildman–Crippen MR) is 81.0 cm³/mol. The van der Waals surface area contributed by atoms with Crippen molar-refractivity contribution in [3.05, 3.63) is 59.9 Å². The minimum absolute atomic E-state index is 0.127. The summed E-state index contributed by atoms with van der Waals surface area (Å²) in [5.74, 6) is -0.421. The van der Waals surface area contributed by atoms with E-state index in [9.17, 15) is 9.18 Å². The van der Waals surface area contributed by atoms with E-state index in [1.54, 1.807) is 6.07 Å². The van der Waals surface area contributed by atoms with Crippen LogP contribution in [0.1, 0.15) is 5.56 Å². The molecule has 2 aromatic carbocycles. The number of nitrogens with one attached hydrogen (secondary N) is 1. The monoisotopic (exact) mass is 304 g/mol. The van der Waals surface area contributed by atoms with E-state index >= 15 is 0 Å². The Balaban J connectivity index is 1.99. The highest BCUT2D eigenvalue weighted by Crippen LogP contribution is 2.22. The number of benzene rings is 2. The second kappa shape index (κ2) is 7.42. The smallest absolute Gasteiger partial charge is 0.345 e. The number of nitrogens with zero attached hydrogens (tertiary/aromatic N) is 1. The molecule has 0 fully saturated rings. The van der Waals surface area contributed by atoms with Gasteiger partial charge in [-0.25, -0.2) is 14.2 Å². The van der Waals surface area contributed by atoms with Crippen LogP contribution in [0.5, 0.6) is 5.75 Å². The molecule has 2 aromatic rings. The highest BCUT2D eigenvalue weighted by atomic mass is 19.1. The lowest BCUT2D eigenvalue weighted by Gasteiger charge is -2.15. The Morgan fingerprint density at radius 3 is 2.59 bits per heavy atom. The molecule has 0 aliphatic carbocycles. The molecule has 22 heavy (non-hydrogen) atoms. The fraction of sp³-hybridized carbons (Fsp3) is 0.188. The summed E-state index contributed by atoms with van der Waals surface area (Å²) in [4.78, 5) is 16.3. The molecule has 0 aliphatic heterocycles. The fourth-order valence-corrected chi connectivity index (χ4v) is 1.72. The maximum Gasteiger partial charge on any atom is 0.345 e. The second-order valence-corrected chi connectivity index (χ2v) is 4.53. The van der Waals surface area contributed by atoms with Crippen molar-refractivity contribution in [3.8, 4) is 5.75 Å². The first kappa shape index (κ1) is 15.8. The molecule has 1 N–H and O–H groups in total. The molecule has 6 heteroatoms. The highest BCUT2D eigenvalue weighted by Gasteiger charge is 2.10. The predicted octanol–water partition coefficient (Wildman–Crippen LogP) is 3.43. The van der Waals surface area contributed by atoms with Crippen molar-refractivity contribution in [1.29, 1.82) is 0 Å². The summed E-state index contributed by atoms with van der Waals surface area (Å²) in [7, 11) is 2.81. The lowest BCUT2D eigenvalue weighted by molar-refractivity contribution is -0.0598. The summed E-state index contributed by atoms with van der Waals surface area (Å²) in [6.07, 6.45) is 0. The zero-order chi connectivity index (χ0) is 15.9. The first-order valence-corrected chi connectivity index (χ1v) is 6.65. The fourth-order valence-electron chi connectivity index (χ4n) is 1.72. The van der Waals surface area contributed by atoms with E-state index in [2.05, 4.69) is 5.32 Å². The normalized spacial score (nSPS) is 10.1. The maximum absolute atomic E-state index is 14.0. The standard InChI is InChI=1S/C16H17FN2O3/c1-19(21-2)16(20)18-13-8-9-15(14(17)10-13)22-11-12-6-4-3-5-7-12/h3-10H,11H2,1-2H3,(H,18,20). The topological polar surface area (TPSA) is 50.8 Å². The van der Waals surface area contributed by atoms with Gasteiger partial charge >= 0.3 is 6.03 Å². The van der Waals surface area contributed by atoms with Gasteiger partial charge < -0.3 is 10.1 Å². The molecule has 0 unspecified atom stereocenters. The van der Waals surface area contributed by atoms with Gasteiger partial charge in [0.25, 0.3) is 0 Å². The Kier molecular flexibility index (Phi) is 5.32. The van der Waals surface area contributed by atoms with Gasteiger partial charge in [0.1, 0.15) is 6.61 Å². The quantitative estimate of drug-likeness (QED) is 0.861. The van der Waals surface area contributed by atoms with Crippen molar-refractivity contribution in [2.45, 2.75) is 6.61 Å². The molecule has 0 saturated carbocycles. The number of hydrogen-bond donors (Lipinski definition) is 1. The van der Waals surface area contributed by atoms with Gasteiger partial charge in [-0.05, 0) is 17.7 Å². The first-order chi connectivity index (χ1) is 10.6. The molecule has 116 valence electrons. The molecule has 5 nitrogen and oxygen atoms in total. The zero-order valence-corrected chi connectivity index (χ0v) is 12.4. The lowest BCUT2D eigenvalue weighted by atomic mass is 10.2. The van der Waals surface area contributed by atoms with Crippen LogP contribution in [0.3, 0.4) is 0 Å². The van der Waals surface area contributed by atoms with Crippen LogP contribution in [-0.2, 0) is 11.4 Å². The van der Waals surface area contributed by atoms with Crippen molar-refractivity contribution in [2.24, 2.45) is 0 Å². The van der Waals surface area contributed by atoms with Crippen LogP contribution in [0.25, 0.3) is 0 Å². The Bertz CT molecular complexity index is 635. The van der Waals surface area contributed by atoms with Gasteiger partial charge in [0, 0.05) is 18.8 Å². The average molecular weight is 304 g/mol. The third-order valence-corrected chi connectivity index (χ3v) is 2.98. The van der Waals surface area contributed by atoms with Gasteiger partial charge in [-0.1, -0.05) is 30.3 Å². The average Bonchev–Trinajstić information content (AvgIpc) is 2.54. The minimum Gasteiger partial charge on any atom is -0.486 e. The molecular weight excluding hydrogens is 287 g/mol. The number of halogens is 1. The maximum atomic E-state index is 14.0. The number of anilines is 1. The van der Waals surface area contributed by atoms with E-state index in [0.717, 1.165) is 10.6 Å². The van der Waals surface area contributed by atoms with Gasteiger partial charge in [0.2, 0.25) is 0 Å². The number of urea groups is 1. The second-order valence-electron chi connectivity index (χ2n) is 4.53. The van der Waals surface area contributed by atoms with Gasteiger partial charge in [-0.15, -0.1) is 0 Å². The van der Waals surface area contributed by atoms with Gasteiger partial charge in [-0.2, -0.15) is 0 Å². The molecular formula is C16H17FN2O3. The molecule has 0 atom stereocenters. The SMILES string of the molecule is CON(C)C(=O)Nc1ccc(OCc2ccccc2)c(F)c1. The molecule has 0 aliphatic rings. The van der Waals surface area contributed by atoms with E-state index in [4.69, 9.17) is 9.57 Å². The van der Waals surface area contributed by atoms with Crippen LogP contribution < -0.4 is 10.1 Å². The van der Waals surface area contributed by atoms with Crippen molar-refractivity contribution in [3.63, 3.8) is 0 Å². The third kappa shape index (κ3) is 4.20. The van der Waals surface area contributed by atoms with Crippen molar-refractivity contribution < 1.29 is 18.8 Å². The molecule has 0 saturated heterocycles. The summed E-state index contributed by atoms with van der Waals surface area (Å²) in [5.41, 5.74) is 1.26. The Morgan fingerprint density at radius 2 is 1.95 bits per heavy atom. The Hall–Kier alpha value is -2.60. The molecule has 0 heterocycles. The van der Waals surface area contributed by atoms with E-state index in [0.29, 0.717) is 5.69 Å². The Labute approximate surface area is 128 Å². The summed E-state index contributed by atoms with van der Waals surface area (Å²) in [6.45, 7) is 0.274. The first-order valence-electron chi connectivity index (χ1n) is 6.65. The van der Waals surface area contributed by atoms with Crippen LogP contribution in [0, 0.1) is 5.82 Å². The number of rotatable bonds is 5. The summed E-state index contributed by atoms with van der Waals surface area (Å²) >= 11 is 0. The van der Waals surface area contributed by atoms with E-state index in [1.165, 1.54) is 26.3 Å². The molecule has 0 bridgehead atoms. The largest absolute Gasteiger partial charge is 0.486 e. The summed E-state index contributed by atoms with van der Waals surface area (Å²) in [6, 6.07) is 13.2. The van der Waals surface area contributed by atoms with Crippen LogP contribution in [0.2, 0.25) is 0 Å². The molecule has 0 spiro atoms. The van der Waals surface area contributed by atoms with Gasteiger partial charge in [0.05, 0.1) is 7.11 Å². The highest BCUT2D eigenvalue weighted by molar-refractivity contribution is 5.88. The van der Waals surface area contributed by atoms with E-state index < -0.39 is 11.8 Å². The lowest BCUT2D eigenvalue weighted by Crippen LogP contribution is -2.30. The van der Waals surface area contributed by atoms with Crippen LogP contribution in [0.15, 0.2) is 48.5 Å². The molecule has 2 rings (SSSR count). The van der Waals surface area contributed by atoms with Gasteiger partial charge in [0.15, 0.2) is 11.6 Å². The number of carbonyl (C=O) groups excluding carboxylic acids is 1. The number of hydrogen-bond acceptors (Lipinski definition) is 3. The van der Waals surface area contributed by atoms with Crippen LogP contribution >= 0.6 is 0 Å². The number of hydroxylamine groups is 2. The van der Waals surface area contributed by atoms with Crippen molar-refractivity contribution in [2.75, 3.05) is 19.5 Å². The van der Waals surface area contributed by atoms with Gasteiger partial charge in [-0.3, -0.25) is 4.84 Å². The van der Waals surface area contributed by atoms with E-state index in [1.807, 2.05) is 30.3 Å². The number of ether oxygens (including phenoxy) is 1. The zero-order valence-electron chi connectivity index (χ0n) is 12.4. The molecule has 0 aromatic heterocycles. The van der Waals surface area contributed by atoms with Crippen LogP contribution in [0.4, 0.5) is 14.9 Å². The Morgan fingerprint density at radius 1 is 1.23 bits per heavy atom. The number of amides is 2. The third-order valence-electron chi connectivity index (χ3n) is 2.98. The van der Waals surface area contributed by atoms with Crippen molar-refractivity contribution in [1.82, 2.24) is 5.06 Å². The molecule has 2 amide bonds. The number of carbonyl (C=O) groups is 1. The van der Waals surface area contributed by atoms with Crippen molar-refractivity contribution >= 4 is 11.7 Å². The van der Waals surface area contributed by atoms with Crippen LogP contribution in [-0.4, -0.2) is 25.3 Å².